The molecule has 5 nitrogen and oxygen atoms in total. The molecule has 3 aromatic carbocycles. The van der Waals surface area contributed by atoms with Gasteiger partial charge in [-0.2, -0.15) is 10.4 Å². The fourth-order valence-electron chi connectivity index (χ4n) is 2.57. The van der Waals surface area contributed by atoms with Crippen molar-refractivity contribution in [2.75, 3.05) is 0 Å². The molecular formula is C23H18FN3O2. The van der Waals surface area contributed by atoms with Gasteiger partial charge in [0.1, 0.15) is 18.2 Å². The van der Waals surface area contributed by atoms with Gasteiger partial charge in [-0.15, -0.1) is 0 Å². The molecule has 6 heteroatoms. The standard InChI is InChI=1S/C23H18FN3O2/c24-21-9-5-17(6-10-21)13-23(28)27-26-15-18-7-11-22(12-8-18)29-16-20-4-2-1-3-19(20)14-25/h1-12,15H,13,16H2,(H,27,28)/b26-15+. The van der Waals surface area contributed by atoms with Gasteiger partial charge < -0.3 is 4.74 Å². The first kappa shape index (κ1) is 19.8. The van der Waals surface area contributed by atoms with Crippen LogP contribution >= 0.6 is 0 Å². The van der Waals surface area contributed by atoms with E-state index in [1.54, 1.807) is 42.5 Å². The van der Waals surface area contributed by atoms with E-state index < -0.39 is 0 Å². The molecule has 0 atom stereocenters. The minimum atomic E-state index is -0.339. The lowest BCUT2D eigenvalue weighted by Crippen LogP contribution is -2.19. The molecule has 0 heterocycles. The molecule has 1 N–H and O–H groups in total. The summed E-state index contributed by atoms with van der Waals surface area (Å²) in [5.41, 5.74) is 5.35. The van der Waals surface area contributed by atoms with E-state index in [2.05, 4.69) is 16.6 Å². The molecule has 3 aromatic rings. The van der Waals surface area contributed by atoms with E-state index in [0.717, 1.165) is 11.1 Å². The number of hydrazone groups is 1. The summed E-state index contributed by atoms with van der Waals surface area (Å²) in [5.74, 6) is 0.0353. The Balaban J connectivity index is 1.49. The van der Waals surface area contributed by atoms with Crippen LogP contribution in [0.1, 0.15) is 22.3 Å². The Morgan fingerprint density at radius 2 is 1.79 bits per heavy atom. The van der Waals surface area contributed by atoms with Crippen molar-refractivity contribution >= 4 is 12.1 Å². The van der Waals surface area contributed by atoms with Crippen molar-refractivity contribution < 1.29 is 13.9 Å². The molecule has 0 spiro atoms. The smallest absolute Gasteiger partial charge is 0.244 e. The van der Waals surface area contributed by atoms with Crippen LogP contribution in [0.4, 0.5) is 4.39 Å². The molecule has 0 aliphatic heterocycles. The first-order valence-corrected chi connectivity index (χ1v) is 8.91. The highest BCUT2D eigenvalue weighted by Crippen LogP contribution is 2.15. The second-order valence-electron chi connectivity index (χ2n) is 6.22. The van der Waals surface area contributed by atoms with Crippen LogP contribution in [-0.2, 0) is 17.8 Å². The van der Waals surface area contributed by atoms with Crippen molar-refractivity contribution in [2.45, 2.75) is 13.0 Å². The summed E-state index contributed by atoms with van der Waals surface area (Å²) in [6, 6.07) is 22.4. The van der Waals surface area contributed by atoms with Crippen molar-refractivity contribution in [3.8, 4) is 11.8 Å². The van der Waals surface area contributed by atoms with Gasteiger partial charge in [-0.3, -0.25) is 4.79 Å². The summed E-state index contributed by atoms with van der Waals surface area (Å²) in [4.78, 5) is 11.9. The first-order valence-electron chi connectivity index (χ1n) is 8.91. The third kappa shape index (κ3) is 6.01. The SMILES string of the molecule is N#Cc1ccccc1COc1ccc(/C=N/NC(=O)Cc2ccc(F)cc2)cc1. The van der Waals surface area contributed by atoms with E-state index in [1.165, 1.54) is 18.3 Å². The number of rotatable bonds is 7. The Morgan fingerprint density at radius 3 is 2.52 bits per heavy atom. The Kier molecular flexibility index (Phi) is 6.69. The molecule has 29 heavy (non-hydrogen) atoms. The Hall–Kier alpha value is -3.98. The highest BCUT2D eigenvalue weighted by molar-refractivity contribution is 5.83. The number of nitrogens with one attached hydrogen (secondary N) is 1. The number of amides is 1. The number of halogens is 1. The summed E-state index contributed by atoms with van der Waals surface area (Å²) in [5, 5.41) is 13.0. The highest BCUT2D eigenvalue weighted by atomic mass is 19.1. The number of carbonyl (C=O) groups is 1. The number of hydrogen-bond acceptors (Lipinski definition) is 4. The average Bonchev–Trinajstić information content (AvgIpc) is 2.75. The van der Waals surface area contributed by atoms with E-state index in [9.17, 15) is 9.18 Å². The van der Waals surface area contributed by atoms with Gasteiger partial charge in [-0.05, 0) is 53.6 Å². The molecule has 0 saturated heterocycles. The van der Waals surface area contributed by atoms with E-state index in [0.29, 0.717) is 23.5 Å². The molecule has 0 bridgehead atoms. The van der Waals surface area contributed by atoms with Gasteiger partial charge in [-0.1, -0.05) is 30.3 Å². The largest absolute Gasteiger partial charge is 0.489 e. The number of nitriles is 1. The maximum Gasteiger partial charge on any atom is 0.244 e. The molecule has 0 fully saturated rings. The van der Waals surface area contributed by atoms with Crippen molar-refractivity contribution in [1.82, 2.24) is 5.43 Å². The zero-order chi connectivity index (χ0) is 20.5. The zero-order valence-electron chi connectivity index (χ0n) is 15.5. The van der Waals surface area contributed by atoms with E-state index in [4.69, 9.17) is 10.00 Å². The minimum absolute atomic E-state index is 0.120. The zero-order valence-corrected chi connectivity index (χ0v) is 15.5. The Labute approximate surface area is 168 Å². The molecule has 0 unspecified atom stereocenters. The topological polar surface area (TPSA) is 74.5 Å². The lowest BCUT2D eigenvalue weighted by molar-refractivity contribution is -0.120. The molecular weight excluding hydrogens is 369 g/mol. The van der Waals surface area contributed by atoms with Crippen molar-refractivity contribution in [2.24, 2.45) is 5.10 Å². The number of benzene rings is 3. The maximum atomic E-state index is 12.9. The van der Waals surface area contributed by atoms with Crippen LogP contribution in [0.2, 0.25) is 0 Å². The first-order chi connectivity index (χ1) is 14.1. The number of carbonyl (C=O) groups excluding carboxylic acids is 1. The van der Waals surface area contributed by atoms with Gasteiger partial charge in [0.25, 0.3) is 0 Å². The summed E-state index contributed by atoms with van der Waals surface area (Å²) >= 11 is 0. The Morgan fingerprint density at radius 1 is 1.07 bits per heavy atom. The predicted molar refractivity (Wildman–Crippen MR) is 108 cm³/mol. The van der Waals surface area contributed by atoms with Gasteiger partial charge in [0.05, 0.1) is 24.3 Å². The molecule has 0 aromatic heterocycles. The van der Waals surface area contributed by atoms with E-state index in [-0.39, 0.29) is 18.1 Å². The lowest BCUT2D eigenvalue weighted by Gasteiger charge is -2.07. The van der Waals surface area contributed by atoms with Gasteiger partial charge in [0.15, 0.2) is 0 Å². The highest BCUT2D eigenvalue weighted by Gasteiger charge is 2.03. The van der Waals surface area contributed by atoms with Crippen LogP contribution in [0, 0.1) is 17.1 Å². The van der Waals surface area contributed by atoms with Crippen LogP contribution < -0.4 is 10.2 Å². The third-order valence-electron chi connectivity index (χ3n) is 4.09. The monoisotopic (exact) mass is 387 g/mol. The maximum absolute atomic E-state index is 12.9. The van der Waals surface area contributed by atoms with Crippen LogP contribution in [-0.4, -0.2) is 12.1 Å². The average molecular weight is 387 g/mol. The van der Waals surface area contributed by atoms with Crippen LogP contribution in [0.5, 0.6) is 5.75 Å². The molecule has 0 saturated carbocycles. The number of hydrogen-bond donors (Lipinski definition) is 1. The minimum Gasteiger partial charge on any atom is -0.489 e. The summed E-state index contributed by atoms with van der Waals surface area (Å²) in [6.07, 6.45) is 1.64. The molecule has 3 rings (SSSR count). The normalized spacial score (nSPS) is 10.5. The Bertz CT molecular complexity index is 1040. The molecule has 0 radical (unpaired) electrons. The summed E-state index contributed by atoms with van der Waals surface area (Å²) in [6.45, 7) is 0.302. The van der Waals surface area contributed by atoms with Gasteiger partial charge in [0, 0.05) is 5.56 Å². The van der Waals surface area contributed by atoms with E-state index in [1.807, 2.05) is 18.2 Å². The van der Waals surface area contributed by atoms with Gasteiger partial charge >= 0.3 is 0 Å². The second kappa shape index (κ2) is 9.81. The summed E-state index contributed by atoms with van der Waals surface area (Å²) in [7, 11) is 0. The fraction of sp³-hybridized carbons (Fsp3) is 0.0870. The van der Waals surface area contributed by atoms with Crippen LogP contribution in [0.15, 0.2) is 77.9 Å². The van der Waals surface area contributed by atoms with Crippen molar-refractivity contribution in [1.29, 1.82) is 5.26 Å². The number of nitrogens with zero attached hydrogens (tertiary/aromatic N) is 2. The molecule has 0 aliphatic rings. The van der Waals surface area contributed by atoms with E-state index >= 15 is 0 Å². The van der Waals surface area contributed by atoms with Crippen LogP contribution in [0.25, 0.3) is 0 Å². The third-order valence-corrected chi connectivity index (χ3v) is 4.09. The number of ether oxygens (including phenoxy) is 1. The predicted octanol–water partition coefficient (Wildman–Crippen LogP) is 3.97. The van der Waals surface area contributed by atoms with Crippen molar-refractivity contribution in [3.05, 3.63) is 101 Å². The van der Waals surface area contributed by atoms with Gasteiger partial charge in [-0.25, -0.2) is 9.82 Å². The summed E-state index contributed by atoms with van der Waals surface area (Å²) < 4.78 is 18.6. The molecule has 0 aliphatic carbocycles. The lowest BCUT2D eigenvalue weighted by atomic mass is 10.1. The van der Waals surface area contributed by atoms with Crippen LogP contribution in [0.3, 0.4) is 0 Å². The second-order valence-corrected chi connectivity index (χ2v) is 6.22. The quantitative estimate of drug-likeness (QED) is 0.492. The van der Waals surface area contributed by atoms with Crippen molar-refractivity contribution in [3.63, 3.8) is 0 Å². The fourth-order valence-corrected chi connectivity index (χ4v) is 2.57. The molecule has 144 valence electrons. The molecule has 1 amide bonds. The van der Waals surface area contributed by atoms with Gasteiger partial charge in [0.2, 0.25) is 5.91 Å².